The molecule has 0 saturated heterocycles. The Morgan fingerprint density at radius 1 is 0.774 bits per heavy atom. The Morgan fingerprint density at radius 2 is 1.48 bits per heavy atom. The maximum absolute atomic E-state index is 12.9. The van der Waals surface area contributed by atoms with Gasteiger partial charge in [-0.3, -0.25) is 4.79 Å². The largest absolute Gasteiger partial charge is 0.299 e. The highest BCUT2D eigenvalue weighted by atomic mass is 16.1. The van der Waals surface area contributed by atoms with E-state index in [4.69, 9.17) is 0 Å². The van der Waals surface area contributed by atoms with Crippen LogP contribution in [-0.2, 0) is 4.79 Å². The molecule has 0 aromatic carbocycles. The van der Waals surface area contributed by atoms with Crippen LogP contribution in [0.3, 0.4) is 0 Å². The minimum atomic E-state index is -0.132. The average molecular weight is 425 g/mol. The molecule has 174 valence electrons. The molecule has 0 aliphatic heterocycles. The van der Waals surface area contributed by atoms with E-state index in [0.717, 1.165) is 30.6 Å². The number of hydrogen-bond donors (Lipinski definition) is 0. The summed E-state index contributed by atoms with van der Waals surface area (Å²) in [4.78, 5) is 12.9. The van der Waals surface area contributed by atoms with Crippen LogP contribution in [-0.4, -0.2) is 5.78 Å². The van der Waals surface area contributed by atoms with Crippen molar-refractivity contribution >= 4 is 5.78 Å². The molecule has 0 aromatic rings. The molecule has 0 spiro atoms. The number of carbonyl (C=O) groups excluding carboxylic acids is 1. The summed E-state index contributed by atoms with van der Waals surface area (Å²) in [5.74, 6) is 4.22. The van der Waals surface area contributed by atoms with Crippen LogP contribution in [0.5, 0.6) is 0 Å². The van der Waals surface area contributed by atoms with Crippen LogP contribution >= 0.6 is 0 Å². The SMILES string of the molecule is C=C1CC[C@]2(C)CC[C@]3(C)[C@H](CC[C@@H]4[C@@]5(C)CCC(=O)C(C)(C)[C@@H]5CC[C@]43C)C2[C@@H]1C. The van der Waals surface area contributed by atoms with Crippen molar-refractivity contribution in [3.8, 4) is 0 Å². The van der Waals surface area contributed by atoms with Gasteiger partial charge in [0.2, 0.25) is 0 Å². The van der Waals surface area contributed by atoms with Gasteiger partial charge >= 0.3 is 0 Å². The van der Waals surface area contributed by atoms with Crippen molar-refractivity contribution in [3.05, 3.63) is 12.2 Å². The molecule has 5 aliphatic rings. The molecule has 0 N–H and O–H groups in total. The van der Waals surface area contributed by atoms with Crippen molar-refractivity contribution in [2.75, 3.05) is 0 Å². The van der Waals surface area contributed by atoms with Gasteiger partial charge in [-0.25, -0.2) is 0 Å². The highest BCUT2D eigenvalue weighted by Crippen LogP contribution is 2.76. The number of Topliss-reactive ketones (excluding diaryl/α,β-unsaturated/α-hetero) is 1. The molecule has 5 fully saturated rings. The van der Waals surface area contributed by atoms with Gasteiger partial charge in [-0.2, -0.15) is 0 Å². The van der Waals surface area contributed by atoms with Crippen LogP contribution in [0, 0.1) is 56.7 Å². The van der Waals surface area contributed by atoms with Crippen molar-refractivity contribution < 1.29 is 4.79 Å². The molecule has 9 atom stereocenters. The Labute approximate surface area is 192 Å². The zero-order chi connectivity index (χ0) is 22.6. The van der Waals surface area contributed by atoms with E-state index >= 15 is 0 Å². The maximum atomic E-state index is 12.9. The second-order valence-corrected chi connectivity index (χ2v) is 14.4. The van der Waals surface area contributed by atoms with E-state index in [1.807, 2.05) is 0 Å². The smallest absolute Gasteiger partial charge is 0.138 e. The van der Waals surface area contributed by atoms with Crippen molar-refractivity contribution in [1.82, 2.24) is 0 Å². The molecule has 0 aromatic heterocycles. The number of ketones is 1. The summed E-state index contributed by atoms with van der Waals surface area (Å²) in [5, 5.41) is 0. The van der Waals surface area contributed by atoms with Gasteiger partial charge in [0, 0.05) is 11.8 Å². The second-order valence-electron chi connectivity index (χ2n) is 14.4. The summed E-state index contributed by atoms with van der Waals surface area (Å²) < 4.78 is 0. The quantitative estimate of drug-likeness (QED) is 0.358. The number of fused-ring (bicyclic) bond motifs is 7. The third-order valence-electron chi connectivity index (χ3n) is 13.3. The van der Waals surface area contributed by atoms with Gasteiger partial charge in [-0.15, -0.1) is 0 Å². The Balaban J connectivity index is 1.55. The lowest BCUT2D eigenvalue weighted by Crippen LogP contribution is -2.66. The molecular formula is C30H48O. The summed E-state index contributed by atoms with van der Waals surface area (Å²) in [6, 6.07) is 0. The maximum Gasteiger partial charge on any atom is 0.138 e. The van der Waals surface area contributed by atoms with Gasteiger partial charge in [0.1, 0.15) is 5.78 Å². The molecule has 5 rings (SSSR count). The van der Waals surface area contributed by atoms with E-state index in [1.54, 1.807) is 0 Å². The van der Waals surface area contributed by atoms with Crippen LogP contribution in [0.25, 0.3) is 0 Å². The second kappa shape index (κ2) is 6.50. The molecule has 1 nitrogen and oxygen atoms in total. The predicted molar refractivity (Wildman–Crippen MR) is 130 cm³/mol. The van der Waals surface area contributed by atoms with E-state index < -0.39 is 0 Å². The summed E-state index contributed by atoms with van der Waals surface area (Å²) in [6.07, 6.45) is 12.8. The lowest BCUT2D eigenvalue weighted by Gasteiger charge is -2.73. The average Bonchev–Trinajstić information content (AvgIpc) is 2.69. The number of carbonyl (C=O) groups is 1. The highest BCUT2D eigenvalue weighted by molar-refractivity contribution is 5.85. The van der Waals surface area contributed by atoms with E-state index in [1.165, 1.54) is 56.9 Å². The van der Waals surface area contributed by atoms with Gasteiger partial charge in [-0.1, -0.05) is 60.6 Å². The minimum absolute atomic E-state index is 0.132. The summed E-state index contributed by atoms with van der Waals surface area (Å²) >= 11 is 0. The van der Waals surface area contributed by atoms with Gasteiger partial charge in [0.15, 0.2) is 0 Å². The number of rotatable bonds is 0. The van der Waals surface area contributed by atoms with Crippen molar-refractivity contribution in [2.45, 2.75) is 113 Å². The zero-order valence-electron chi connectivity index (χ0n) is 21.6. The normalized spacial score (nSPS) is 56.2. The molecule has 1 heteroatoms. The Bertz CT molecular complexity index is 807. The fourth-order valence-corrected chi connectivity index (χ4v) is 11.2. The van der Waals surface area contributed by atoms with E-state index in [-0.39, 0.29) is 5.41 Å². The van der Waals surface area contributed by atoms with Crippen molar-refractivity contribution in [1.29, 1.82) is 0 Å². The summed E-state index contributed by atoms with van der Waals surface area (Å²) in [5.41, 5.74) is 3.10. The fraction of sp³-hybridized carbons (Fsp3) is 0.900. The predicted octanol–water partition coefficient (Wildman–Crippen LogP) is 8.23. The van der Waals surface area contributed by atoms with Crippen LogP contribution in [0.2, 0.25) is 0 Å². The van der Waals surface area contributed by atoms with Gasteiger partial charge in [-0.05, 0) is 109 Å². The highest BCUT2D eigenvalue weighted by Gasteiger charge is 2.69. The third kappa shape index (κ3) is 2.59. The monoisotopic (exact) mass is 424 g/mol. The molecule has 5 saturated carbocycles. The van der Waals surface area contributed by atoms with Gasteiger partial charge in [0.05, 0.1) is 0 Å². The number of hydrogen-bond acceptors (Lipinski definition) is 1. The lowest BCUT2D eigenvalue weighted by molar-refractivity contribution is -0.239. The Hall–Kier alpha value is -0.590. The number of allylic oxidation sites excluding steroid dienone is 1. The van der Waals surface area contributed by atoms with Crippen LogP contribution < -0.4 is 0 Å². The van der Waals surface area contributed by atoms with Crippen LogP contribution in [0.1, 0.15) is 113 Å². The zero-order valence-corrected chi connectivity index (χ0v) is 21.6. The Kier molecular flexibility index (Phi) is 4.66. The minimum Gasteiger partial charge on any atom is -0.299 e. The van der Waals surface area contributed by atoms with E-state index in [0.29, 0.717) is 39.3 Å². The summed E-state index contributed by atoms with van der Waals surface area (Å²) in [6.45, 7) is 22.3. The molecule has 0 radical (unpaired) electrons. The van der Waals surface area contributed by atoms with Crippen molar-refractivity contribution in [3.63, 3.8) is 0 Å². The molecule has 0 amide bonds. The first kappa shape index (κ1) is 22.2. The van der Waals surface area contributed by atoms with Crippen molar-refractivity contribution in [2.24, 2.45) is 56.7 Å². The standard InChI is InChI=1S/C30H48O/c1-19-11-14-27(5)17-18-29(7)21(25(27)20(19)2)9-10-23-28(6)15-13-24(31)26(3,4)22(28)12-16-30(23,29)8/h20-23,25H,1,9-18H2,2-8H3/t20-,21-,22+,23-,25?,27-,28+,29-,30-/m1/s1. The van der Waals surface area contributed by atoms with Gasteiger partial charge in [0.25, 0.3) is 0 Å². The first-order valence-electron chi connectivity index (χ1n) is 13.5. The third-order valence-corrected chi connectivity index (χ3v) is 13.3. The first-order valence-corrected chi connectivity index (χ1v) is 13.5. The molecule has 5 aliphatic carbocycles. The lowest BCUT2D eigenvalue weighted by atomic mass is 9.31. The molecule has 31 heavy (non-hydrogen) atoms. The van der Waals surface area contributed by atoms with Gasteiger partial charge < -0.3 is 0 Å². The van der Waals surface area contributed by atoms with E-state index in [2.05, 4.69) is 55.0 Å². The fourth-order valence-electron chi connectivity index (χ4n) is 11.2. The topological polar surface area (TPSA) is 17.1 Å². The Morgan fingerprint density at radius 3 is 2.19 bits per heavy atom. The van der Waals surface area contributed by atoms with Crippen LogP contribution in [0.4, 0.5) is 0 Å². The van der Waals surface area contributed by atoms with Crippen LogP contribution in [0.15, 0.2) is 12.2 Å². The molecular weight excluding hydrogens is 376 g/mol. The first-order chi connectivity index (χ1) is 14.3. The molecule has 1 unspecified atom stereocenters. The molecule has 0 bridgehead atoms. The van der Waals surface area contributed by atoms with E-state index in [9.17, 15) is 4.79 Å². The molecule has 0 heterocycles. The summed E-state index contributed by atoms with van der Waals surface area (Å²) in [7, 11) is 0.